The van der Waals surface area contributed by atoms with Crippen LogP contribution in [0.25, 0.3) is 11.3 Å². The molecule has 37 heavy (non-hydrogen) atoms. The molecule has 0 fully saturated rings. The fourth-order valence-electron chi connectivity index (χ4n) is 3.52. The zero-order chi connectivity index (χ0) is 27.4. The summed E-state index contributed by atoms with van der Waals surface area (Å²) in [6, 6.07) is 9.38. The van der Waals surface area contributed by atoms with Crippen molar-refractivity contribution in [3.63, 3.8) is 0 Å². The maximum atomic E-state index is 13.4. The lowest BCUT2D eigenvalue weighted by molar-refractivity contribution is 0.0508. The molecule has 0 saturated carbocycles. The number of hydrogen-bond donors (Lipinski definition) is 1. The summed E-state index contributed by atoms with van der Waals surface area (Å²) in [6.45, 7) is 12.5. The first-order valence-electron chi connectivity index (χ1n) is 11.8. The van der Waals surface area contributed by atoms with E-state index in [9.17, 15) is 13.2 Å². The molecule has 1 N–H and O–H groups in total. The fraction of sp³-hybridized carbons (Fsp3) is 0.417. The third-order valence-corrected chi connectivity index (χ3v) is 8.60. The summed E-state index contributed by atoms with van der Waals surface area (Å²) in [6.07, 6.45) is 0. The molecule has 0 aliphatic carbocycles. The van der Waals surface area contributed by atoms with E-state index in [1.54, 1.807) is 13.0 Å². The molecule has 3 aromatic rings. The Balaban J connectivity index is 1.95. The van der Waals surface area contributed by atoms with Crippen LogP contribution in [0, 0.1) is 13.8 Å². The summed E-state index contributed by atoms with van der Waals surface area (Å²) in [5, 5.41) is 3.90. The van der Waals surface area contributed by atoms with Gasteiger partial charge in [0.05, 0.1) is 12.3 Å². The van der Waals surface area contributed by atoms with Crippen LogP contribution in [0.5, 0.6) is 0 Å². The van der Waals surface area contributed by atoms with Crippen LogP contribution in [0.15, 0.2) is 35.4 Å². The normalized spacial score (nSPS) is 12.0. The predicted molar refractivity (Wildman–Crippen MR) is 145 cm³/mol. The molecular formula is C24H32ClN5O5SSi. The summed E-state index contributed by atoms with van der Waals surface area (Å²) in [5.74, 6) is -0.952. The molecule has 0 bridgehead atoms. The lowest BCUT2D eigenvalue weighted by Gasteiger charge is -2.16. The van der Waals surface area contributed by atoms with Gasteiger partial charge in [-0.05, 0) is 37.9 Å². The van der Waals surface area contributed by atoms with E-state index in [0.717, 1.165) is 33.5 Å². The molecule has 0 amide bonds. The van der Waals surface area contributed by atoms with E-state index in [4.69, 9.17) is 21.1 Å². The number of aromatic nitrogens is 4. The minimum absolute atomic E-state index is 0.0701. The Morgan fingerprint density at radius 1 is 1.14 bits per heavy atom. The second-order valence-electron chi connectivity index (χ2n) is 9.71. The van der Waals surface area contributed by atoms with Crippen molar-refractivity contribution in [3.8, 4) is 11.3 Å². The first-order valence-corrected chi connectivity index (χ1v) is 17.3. The number of sulfonamides is 1. The molecule has 0 aliphatic rings. The highest BCUT2D eigenvalue weighted by atomic mass is 35.5. The molecule has 2 heterocycles. The van der Waals surface area contributed by atoms with Gasteiger partial charge in [-0.25, -0.2) is 24.2 Å². The molecule has 3 rings (SSSR count). The summed E-state index contributed by atoms with van der Waals surface area (Å²) in [5.41, 5.74) is 3.06. The van der Waals surface area contributed by atoms with E-state index in [0.29, 0.717) is 12.3 Å². The highest BCUT2D eigenvalue weighted by Gasteiger charge is 2.27. The van der Waals surface area contributed by atoms with Gasteiger partial charge in [0.1, 0.15) is 11.9 Å². The fourth-order valence-corrected chi connectivity index (χ4v) is 5.54. The monoisotopic (exact) mass is 565 g/mol. The van der Waals surface area contributed by atoms with Gasteiger partial charge in [0, 0.05) is 32.4 Å². The third-order valence-electron chi connectivity index (χ3n) is 5.37. The van der Waals surface area contributed by atoms with Crippen LogP contribution < -0.4 is 4.72 Å². The Labute approximate surface area is 223 Å². The number of hydrogen-bond acceptors (Lipinski definition) is 8. The molecule has 13 heteroatoms. The highest BCUT2D eigenvalue weighted by molar-refractivity contribution is 7.92. The molecule has 1 aromatic carbocycles. The molecule has 0 atom stereocenters. The van der Waals surface area contributed by atoms with Crippen molar-refractivity contribution in [2.24, 2.45) is 0 Å². The summed E-state index contributed by atoms with van der Waals surface area (Å²) in [7, 11) is -5.64. The number of carbonyl (C=O) groups is 1. The van der Waals surface area contributed by atoms with Gasteiger partial charge in [-0.15, -0.1) is 0 Å². The lowest BCUT2D eigenvalue weighted by Crippen LogP contribution is -2.23. The van der Waals surface area contributed by atoms with Crippen molar-refractivity contribution >= 4 is 41.6 Å². The number of aryl methyl sites for hydroxylation is 2. The molecule has 0 spiro atoms. The topological polar surface area (TPSA) is 125 Å². The van der Waals surface area contributed by atoms with E-state index >= 15 is 0 Å². The number of nitrogens with zero attached hydrogens (tertiary/aromatic N) is 4. The second kappa shape index (κ2) is 11.7. The van der Waals surface area contributed by atoms with E-state index in [1.165, 1.54) is 0 Å². The number of rotatable bonds is 11. The Hall–Kier alpha value is -2.80. The number of ether oxygens (including phenoxy) is 2. The second-order valence-corrected chi connectivity index (χ2v) is 17.3. The van der Waals surface area contributed by atoms with Crippen LogP contribution >= 0.6 is 11.6 Å². The molecule has 200 valence electrons. The minimum Gasteiger partial charge on any atom is -0.461 e. The summed E-state index contributed by atoms with van der Waals surface area (Å²) < 4.78 is 41.0. The molecule has 0 aliphatic heterocycles. The van der Waals surface area contributed by atoms with Crippen LogP contribution in [0.4, 0.5) is 5.95 Å². The maximum absolute atomic E-state index is 13.4. The van der Waals surface area contributed by atoms with Gasteiger partial charge in [-0.1, -0.05) is 49.4 Å². The molecule has 0 radical (unpaired) electrons. The number of esters is 1. The van der Waals surface area contributed by atoms with Crippen LogP contribution in [0.2, 0.25) is 30.8 Å². The number of benzene rings is 1. The van der Waals surface area contributed by atoms with Gasteiger partial charge in [-0.2, -0.15) is 13.5 Å². The lowest BCUT2D eigenvalue weighted by atomic mass is 10.00. The summed E-state index contributed by atoms with van der Waals surface area (Å²) >= 11 is 6.23. The largest absolute Gasteiger partial charge is 0.461 e. The van der Waals surface area contributed by atoms with Gasteiger partial charge < -0.3 is 9.47 Å². The molecule has 0 unspecified atom stereocenters. The summed E-state index contributed by atoms with van der Waals surface area (Å²) in [4.78, 5) is 20.7. The molecule has 0 saturated heterocycles. The number of anilines is 1. The smallest absolute Gasteiger partial charge is 0.358 e. The third kappa shape index (κ3) is 7.60. The van der Waals surface area contributed by atoms with Gasteiger partial charge in [-0.3, -0.25) is 0 Å². The van der Waals surface area contributed by atoms with Crippen LogP contribution in [-0.4, -0.2) is 55.4 Å². The van der Waals surface area contributed by atoms with Crippen molar-refractivity contribution in [2.45, 2.75) is 58.2 Å². The maximum Gasteiger partial charge on any atom is 0.358 e. The molecule has 10 nitrogen and oxygen atoms in total. The average Bonchev–Trinajstić information content (AvgIpc) is 3.21. The molecular weight excluding hydrogens is 534 g/mol. The van der Waals surface area contributed by atoms with Gasteiger partial charge in [0.25, 0.3) is 10.0 Å². The van der Waals surface area contributed by atoms with Gasteiger partial charge in [0.2, 0.25) is 5.95 Å². The van der Waals surface area contributed by atoms with Crippen molar-refractivity contribution in [1.82, 2.24) is 19.7 Å². The van der Waals surface area contributed by atoms with Crippen LogP contribution in [-0.2, 0) is 26.2 Å². The van der Waals surface area contributed by atoms with Gasteiger partial charge >= 0.3 is 5.97 Å². The minimum atomic E-state index is -4.29. The van der Waals surface area contributed by atoms with Crippen molar-refractivity contribution in [1.29, 1.82) is 0 Å². The quantitative estimate of drug-likeness (QED) is 0.151. The highest BCUT2D eigenvalue weighted by Crippen LogP contribution is 2.28. The Bertz CT molecular complexity index is 1370. The van der Waals surface area contributed by atoms with E-state index in [-0.39, 0.29) is 35.2 Å². The predicted octanol–water partition coefficient (Wildman–Crippen LogP) is 4.90. The average molecular weight is 566 g/mol. The van der Waals surface area contributed by atoms with Crippen molar-refractivity contribution in [2.75, 3.05) is 17.9 Å². The van der Waals surface area contributed by atoms with E-state index in [1.807, 2.05) is 32.0 Å². The van der Waals surface area contributed by atoms with E-state index < -0.39 is 24.1 Å². The standard InChI is InChI=1S/C24H32ClN5O5SSi/c1-7-35-23(31)19-14-21(30(28-19)15-34-11-12-37(4,5)6)36(32,33)29-24-26-18(13-20(25)27-24)22-16(2)9-8-10-17(22)3/h8-10,13-14H,7,11-12,15H2,1-6H3,(H,26,27,29). The number of nitrogens with one attached hydrogen (secondary N) is 1. The Kier molecular flexibility index (Phi) is 9.11. The van der Waals surface area contributed by atoms with Crippen LogP contribution in [0.1, 0.15) is 28.5 Å². The molecule has 2 aromatic heterocycles. The Morgan fingerprint density at radius 2 is 1.81 bits per heavy atom. The number of carbonyl (C=O) groups excluding carboxylic acids is 1. The zero-order valence-corrected chi connectivity index (χ0v) is 24.4. The SMILES string of the molecule is CCOC(=O)c1cc(S(=O)(=O)Nc2nc(Cl)cc(-c3c(C)cccc3C)n2)n(COCC[Si](C)(C)C)n1. The van der Waals surface area contributed by atoms with Crippen LogP contribution in [0.3, 0.4) is 0 Å². The first kappa shape index (κ1) is 28.8. The van der Waals surface area contributed by atoms with Crippen molar-refractivity contribution < 1.29 is 22.7 Å². The first-order chi connectivity index (χ1) is 17.3. The zero-order valence-electron chi connectivity index (χ0n) is 21.8. The Morgan fingerprint density at radius 3 is 2.43 bits per heavy atom. The van der Waals surface area contributed by atoms with Gasteiger partial charge in [0.15, 0.2) is 10.7 Å². The number of halogens is 1. The van der Waals surface area contributed by atoms with Crippen molar-refractivity contribution in [3.05, 3.63) is 52.3 Å². The van der Waals surface area contributed by atoms with E-state index in [2.05, 4.69) is 39.4 Å².